The van der Waals surface area contributed by atoms with E-state index in [-0.39, 0.29) is 5.82 Å². The summed E-state index contributed by atoms with van der Waals surface area (Å²) in [5.41, 5.74) is 4.64. The molecular formula is C20H20ClFN6S. The van der Waals surface area contributed by atoms with Crippen molar-refractivity contribution in [2.45, 2.75) is 26.9 Å². The molecule has 0 aliphatic heterocycles. The van der Waals surface area contributed by atoms with E-state index in [4.69, 9.17) is 11.6 Å². The lowest BCUT2D eigenvalue weighted by Crippen LogP contribution is -2.00. The van der Waals surface area contributed by atoms with Gasteiger partial charge < -0.3 is 5.32 Å². The number of benzene rings is 1. The Bertz CT molecular complexity index is 1140. The standard InChI is InChI=1S/C20H20ClFN6S/c1-12-16(19(21)27(3)25-12)10-23-20-24-13(2)18(29-20)17-8-9-28(26-17)11-14-4-6-15(22)7-5-14/h4-9H,10-11H2,1-3H3,(H,23,24). The highest BCUT2D eigenvalue weighted by molar-refractivity contribution is 7.19. The van der Waals surface area contributed by atoms with Crippen LogP contribution >= 0.6 is 22.9 Å². The summed E-state index contributed by atoms with van der Waals surface area (Å²) < 4.78 is 16.6. The average molecular weight is 431 g/mol. The van der Waals surface area contributed by atoms with Gasteiger partial charge in [-0.15, -0.1) is 0 Å². The van der Waals surface area contributed by atoms with Gasteiger partial charge in [-0.2, -0.15) is 10.2 Å². The van der Waals surface area contributed by atoms with Crippen molar-refractivity contribution in [2.75, 3.05) is 5.32 Å². The molecule has 0 aliphatic carbocycles. The highest BCUT2D eigenvalue weighted by Crippen LogP contribution is 2.32. The van der Waals surface area contributed by atoms with Crippen molar-refractivity contribution in [3.05, 3.63) is 70.0 Å². The minimum atomic E-state index is -0.238. The fourth-order valence-electron chi connectivity index (χ4n) is 3.10. The molecule has 0 spiro atoms. The van der Waals surface area contributed by atoms with E-state index < -0.39 is 0 Å². The molecule has 0 radical (unpaired) electrons. The molecule has 0 aliphatic rings. The van der Waals surface area contributed by atoms with Gasteiger partial charge in [-0.3, -0.25) is 9.36 Å². The zero-order valence-electron chi connectivity index (χ0n) is 16.3. The van der Waals surface area contributed by atoms with Gasteiger partial charge in [0, 0.05) is 25.4 Å². The minimum Gasteiger partial charge on any atom is -0.357 e. The van der Waals surface area contributed by atoms with Crippen LogP contribution < -0.4 is 5.32 Å². The number of rotatable bonds is 6. The second-order valence-electron chi connectivity index (χ2n) is 6.79. The Labute approximate surface area is 177 Å². The molecule has 1 N–H and O–H groups in total. The van der Waals surface area contributed by atoms with E-state index in [1.165, 1.54) is 12.1 Å². The minimum absolute atomic E-state index is 0.238. The van der Waals surface area contributed by atoms with Crippen LogP contribution in [0, 0.1) is 19.7 Å². The number of aryl methyl sites for hydroxylation is 3. The molecule has 0 saturated carbocycles. The summed E-state index contributed by atoms with van der Waals surface area (Å²) in [4.78, 5) is 5.63. The Kier molecular flexibility index (Phi) is 5.38. The molecule has 0 atom stereocenters. The second-order valence-corrected chi connectivity index (χ2v) is 8.15. The molecule has 3 heterocycles. The number of hydrogen-bond acceptors (Lipinski definition) is 5. The van der Waals surface area contributed by atoms with Crippen LogP contribution in [-0.4, -0.2) is 24.5 Å². The maximum Gasteiger partial charge on any atom is 0.183 e. The number of halogens is 2. The molecule has 0 bridgehead atoms. The van der Waals surface area contributed by atoms with Gasteiger partial charge in [-0.25, -0.2) is 9.37 Å². The maximum absolute atomic E-state index is 13.1. The number of nitrogens with zero attached hydrogens (tertiary/aromatic N) is 5. The Hall–Kier alpha value is -2.71. The molecule has 6 nitrogen and oxygen atoms in total. The Morgan fingerprint density at radius 2 is 1.86 bits per heavy atom. The van der Waals surface area contributed by atoms with Crippen molar-refractivity contribution in [1.82, 2.24) is 24.5 Å². The summed E-state index contributed by atoms with van der Waals surface area (Å²) in [5, 5.41) is 13.8. The molecule has 0 saturated heterocycles. The first-order valence-corrected chi connectivity index (χ1v) is 10.3. The largest absolute Gasteiger partial charge is 0.357 e. The first-order chi connectivity index (χ1) is 13.9. The van der Waals surface area contributed by atoms with Crippen molar-refractivity contribution in [3.63, 3.8) is 0 Å². The van der Waals surface area contributed by atoms with Gasteiger partial charge in [-0.05, 0) is 37.6 Å². The normalized spacial score (nSPS) is 11.2. The third-order valence-electron chi connectivity index (χ3n) is 4.61. The lowest BCUT2D eigenvalue weighted by atomic mass is 10.2. The molecule has 4 rings (SSSR count). The first kappa shape index (κ1) is 19.6. The molecule has 1 aromatic carbocycles. The van der Waals surface area contributed by atoms with Crippen LogP contribution in [0.25, 0.3) is 10.6 Å². The zero-order chi connectivity index (χ0) is 20.5. The first-order valence-electron chi connectivity index (χ1n) is 9.08. The third kappa shape index (κ3) is 4.18. The van der Waals surface area contributed by atoms with E-state index in [0.29, 0.717) is 18.2 Å². The molecular weight excluding hydrogens is 411 g/mol. The van der Waals surface area contributed by atoms with Gasteiger partial charge >= 0.3 is 0 Å². The predicted octanol–water partition coefficient (Wildman–Crippen LogP) is 4.81. The predicted molar refractivity (Wildman–Crippen MR) is 114 cm³/mol. The van der Waals surface area contributed by atoms with E-state index >= 15 is 0 Å². The molecule has 9 heteroatoms. The number of thiazole rings is 1. The van der Waals surface area contributed by atoms with E-state index in [9.17, 15) is 4.39 Å². The lowest BCUT2D eigenvalue weighted by molar-refractivity contribution is 0.624. The van der Waals surface area contributed by atoms with Crippen LogP contribution in [0.15, 0.2) is 36.5 Å². The van der Waals surface area contributed by atoms with Crippen LogP contribution in [-0.2, 0) is 20.1 Å². The van der Waals surface area contributed by atoms with Gasteiger partial charge in [-0.1, -0.05) is 35.1 Å². The van der Waals surface area contributed by atoms with Crippen molar-refractivity contribution < 1.29 is 4.39 Å². The van der Waals surface area contributed by atoms with E-state index in [1.54, 1.807) is 28.2 Å². The van der Waals surface area contributed by atoms with Crippen molar-refractivity contribution in [3.8, 4) is 10.6 Å². The highest BCUT2D eigenvalue weighted by Gasteiger charge is 2.15. The topological polar surface area (TPSA) is 60.6 Å². The maximum atomic E-state index is 13.1. The fraction of sp³-hybridized carbons (Fsp3) is 0.250. The van der Waals surface area contributed by atoms with E-state index in [2.05, 4.69) is 20.5 Å². The Morgan fingerprint density at radius 3 is 2.55 bits per heavy atom. The van der Waals surface area contributed by atoms with Gasteiger partial charge in [0.05, 0.1) is 22.8 Å². The Morgan fingerprint density at radius 1 is 1.10 bits per heavy atom. The lowest BCUT2D eigenvalue weighted by Gasteiger charge is -2.02. The summed E-state index contributed by atoms with van der Waals surface area (Å²) in [7, 11) is 1.83. The molecule has 29 heavy (non-hydrogen) atoms. The van der Waals surface area contributed by atoms with E-state index in [1.807, 2.05) is 37.8 Å². The zero-order valence-corrected chi connectivity index (χ0v) is 17.9. The van der Waals surface area contributed by atoms with Crippen LogP contribution in [0.5, 0.6) is 0 Å². The van der Waals surface area contributed by atoms with Gasteiger partial charge in [0.25, 0.3) is 0 Å². The van der Waals surface area contributed by atoms with Crippen LogP contribution in [0.1, 0.15) is 22.5 Å². The van der Waals surface area contributed by atoms with Gasteiger partial charge in [0.2, 0.25) is 0 Å². The van der Waals surface area contributed by atoms with Crippen molar-refractivity contribution >= 4 is 28.1 Å². The summed E-state index contributed by atoms with van der Waals surface area (Å²) in [5.74, 6) is -0.238. The summed E-state index contributed by atoms with van der Waals surface area (Å²) >= 11 is 7.85. The number of nitrogens with one attached hydrogen (secondary N) is 1. The van der Waals surface area contributed by atoms with Crippen molar-refractivity contribution in [1.29, 1.82) is 0 Å². The van der Waals surface area contributed by atoms with E-state index in [0.717, 1.165) is 38.2 Å². The number of anilines is 1. The summed E-state index contributed by atoms with van der Waals surface area (Å²) in [6.45, 7) is 5.05. The molecule has 3 aromatic heterocycles. The second kappa shape index (κ2) is 7.96. The molecule has 150 valence electrons. The van der Waals surface area contributed by atoms with Gasteiger partial charge in [0.15, 0.2) is 5.13 Å². The monoisotopic (exact) mass is 430 g/mol. The summed E-state index contributed by atoms with van der Waals surface area (Å²) in [6, 6.07) is 8.42. The van der Waals surface area contributed by atoms with Crippen molar-refractivity contribution in [2.24, 2.45) is 7.05 Å². The molecule has 0 amide bonds. The van der Waals surface area contributed by atoms with Crippen LogP contribution in [0.2, 0.25) is 5.15 Å². The van der Waals surface area contributed by atoms with Crippen LogP contribution in [0.3, 0.4) is 0 Å². The molecule has 4 aromatic rings. The third-order valence-corrected chi connectivity index (χ3v) is 6.22. The smallest absolute Gasteiger partial charge is 0.183 e. The number of hydrogen-bond donors (Lipinski definition) is 1. The molecule has 0 fully saturated rings. The molecule has 0 unspecified atom stereocenters. The SMILES string of the molecule is Cc1nc(NCc2c(C)nn(C)c2Cl)sc1-c1ccn(Cc2ccc(F)cc2)n1. The quantitative estimate of drug-likeness (QED) is 0.477. The van der Waals surface area contributed by atoms with Gasteiger partial charge in [0.1, 0.15) is 16.7 Å². The Balaban J connectivity index is 1.48. The van der Waals surface area contributed by atoms with Crippen LogP contribution in [0.4, 0.5) is 9.52 Å². The average Bonchev–Trinajstić information content (AvgIpc) is 3.35. The highest BCUT2D eigenvalue weighted by atomic mass is 35.5. The fourth-order valence-corrected chi connectivity index (χ4v) is 4.26. The summed E-state index contributed by atoms with van der Waals surface area (Å²) in [6.07, 6.45) is 1.92. The number of aromatic nitrogens is 5.